The highest BCUT2D eigenvalue weighted by atomic mass is 127. The maximum atomic E-state index is 12.0. The van der Waals surface area contributed by atoms with Crippen molar-refractivity contribution >= 4 is 45.3 Å². The summed E-state index contributed by atoms with van der Waals surface area (Å²) < 4.78 is 2.63. The lowest BCUT2D eigenvalue weighted by Gasteiger charge is -2.17. The third-order valence-electron chi connectivity index (χ3n) is 4.21. The molecule has 27 heavy (non-hydrogen) atoms. The van der Waals surface area contributed by atoms with Crippen LogP contribution in [0.15, 0.2) is 36.5 Å². The summed E-state index contributed by atoms with van der Waals surface area (Å²) in [7, 11) is 1.77. The van der Waals surface area contributed by atoms with E-state index in [0.29, 0.717) is 24.2 Å². The van der Waals surface area contributed by atoms with Gasteiger partial charge in [0.05, 0.1) is 5.52 Å². The molecule has 0 bridgehead atoms. The van der Waals surface area contributed by atoms with Gasteiger partial charge in [0.25, 0.3) is 5.91 Å². The number of amides is 2. The molecule has 0 fully saturated rings. The summed E-state index contributed by atoms with van der Waals surface area (Å²) in [5.74, 6) is 0.103. The molecule has 2 heterocycles. The van der Waals surface area contributed by atoms with E-state index in [-0.39, 0.29) is 11.6 Å². The minimum absolute atomic E-state index is 0.0893. The van der Waals surface area contributed by atoms with E-state index in [1.807, 2.05) is 37.3 Å². The summed E-state index contributed by atoms with van der Waals surface area (Å²) in [5.41, 5.74) is 7.38. The largest absolute Gasteiger partial charge is 0.364 e. The molecule has 8 heteroatoms. The Labute approximate surface area is 170 Å². The predicted molar refractivity (Wildman–Crippen MR) is 111 cm³/mol. The molecule has 1 aromatic carbocycles. The SMILES string of the molecule is CCCC(=O)N(C)Cc1ccc2c(c1)c(C(N)=O)nn2-c1cc(I)ccn1. The van der Waals surface area contributed by atoms with Gasteiger partial charge < -0.3 is 10.6 Å². The highest BCUT2D eigenvalue weighted by Gasteiger charge is 2.18. The average Bonchev–Trinajstić information content (AvgIpc) is 3.01. The number of hydrogen-bond acceptors (Lipinski definition) is 4. The van der Waals surface area contributed by atoms with Crippen molar-refractivity contribution < 1.29 is 9.59 Å². The molecule has 3 aromatic rings. The van der Waals surface area contributed by atoms with E-state index in [9.17, 15) is 9.59 Å². The van der Waals surface area contributed by atoms with Crippen LogP contribution in [0, 0.1) is 3.57 Å². The Hall–Kier alpha value is -2.49. The van der Waals surface area contributed by atoms with Gasteiger partial charge in [-0.1, -0.05) is 13.0 Å². The number of aromatic nitrogens is 3. The van der Waals surface area contributed by atoms with Crippen LogP contribution in [-0.2, 0) is 11.3 Å². The first-order valence-corrected chi connectivity index (χ1v) is 9.66. The van der Waals surface area contributed by atoms with E-state index in [0.717, 1.165) is 21.1 Å². The summed E-state index contributed by atoms with van der Waals surface area (Å²) in [6, 6.07) is 9.43. The van der Waals surface area contributed by atoms with Crippen LogP contribution in [0.2, 0.25) is 0 Å². The number of nitrogens with zero attached hydrogens (tertiary/aromatic N) is 4. The van der Waals surface area contributed by atoms with Crippen LogP contribution in [-0.4, -0.2) is 38.5 Å². The molecule has 0 radical (unpaired) electrons. The quantitative estimate of drug-likeness (QED) is 0.553. The molecule has 2 aromatic heterocycles. The molecule has 0 saturated carbocycles. The molecule has 2 amide bonds. The van der Waals surface area contributed by atoms with Gasteiger partial charge in [-0.05, 0) is 58.8 Å². The van der Waals surface area contributed by atoms with E-state index in [4.69, 9.17) is 5.73 Å². The smallest absolute Gasteiger partial charge is 0.269 e. The first-order chi connectivity index (χ1) is 12.9. The zero-order valence-electron chi connectivity index (χ0n) is 15.1. The topological polar surface area (TPSA) is 94.1 Å². The van der Waals surface area contributed by atoms with E-state index in [1.165, 1.54) is 0 Å². The summed E-state index contributed by atoms with van der Waals surface area (Å²) in [6.45, 7) is 2.43. The zero-order chi connectivity index (χ0) is 19.6. The van der Waals surface area contributed by atoms with E-state index in [1.54, 1.807) is 22.8 Å². The van der Waals surface area contributed by atoms with Crippen molar-refractivity contribution in [2.24, 2.45) is 5.73 Å². The lowest BCUT2D eigenvalue weighted by atomic mass is 10.1. The van der Waals surface area contributed by atoms with E-state index >= 15 is 0 Å². The van der Waals surface area contributed by atoms with Crippen LogP contribution in [0.3, 0.4) is 0 Å². The molecule has 0 unspecified atom stereocenters. The predicted octanol–water partition coefficient (Wildman–Crippen LogP) is 2.88. The van der Waals surface area contributed by atoms with Gasteiger partial charge in [-0.15, -0.1) is 0 Å². The fraction of sp³-hybridized carbons (Fsp3) is 0.263. The lowest BCUT2D eigenvalue weighted by molar-refractivity contribution is -0.130. The van der Waals surface area contributed by atoms with Crippen LogP contribution in [0.25, 0.3) is 16.7 Å². The first kappa shape index (κ1) is 19.3. The molecule has 0 atom stereocenters. The highest BCUT2D eigenvalue weighted by Crippen LogP contribution is 2.24. The number of hydrogen-bond donors (Lipinski definition) is 1. The van der Waals surface area contributed by atoms with Crippen molar-refractivity contribution in [2.45, 2.75) is 26.3 Å². The molecule has 0 spiro atoms. The number of halogens is 1. The number of carbonyl (C=O) groups is 2. The van der Waals surface area contributed by atoms with Crippen LogP contribution in [0.1, 0.15) is 35.8 Å². The highest BCUT2D eigenvalue weighted by molar-refractivity contribution is 14.1. The number of pyridine rings is 1. The molecular formula is C19H20IN5O2. The molecular weight excluding hydrogens is 457 g/mol. The number of nitrogens with two attached hydrogens (primary N) is 1. The Bertz CT molecular complexity index is 1010. The van der Waals surface area contributed by atoms with Crippen LogP contribution in [0.4, 0.5) is 0 Å². The number of carbonyl (C=O) groups excluding carboxylic acids is 2. The Balaban J connectivity index is 2.04. The van der Waals surface area contributed by atoms with Crippen molar-refractivity contribution in [1.82, 2.24) is 19.7 Å². The third-order valence-corrected chi connectivity index (χ3v) is 4.88. The standard InChI is InChI=1S/C19H20IN5O2/c1-3-4-17(26)24(2)11-12-5-6-15-14(9-12)18(19(21)27)23-25(15)16-10-13(20)7-8-22-16/h5-10H,3-4,11H2,1-2H3,(H2,21,27). The molecule has 0 aliphatic carbocycles. The molecule has 140 valence electrons. The third kappa shape index (κ3) is 4.10. The Morgan fingerprint density at radius 3 is 2.70 bits per heavy atom. The number of rotatable bonds is 6. The summed E-state index contributed by atoms with van der Waals surface area (Å²) in [5, 5.41) is 5.03. The fourth-order valence-corrected chi connectivity index (χ4v) is 3.34. The van der Waals surface area contributed by atoms with Crippen LogP contribution >= 0.6 is 22.6 Å². The average molecular weight is 477 g/mol. The maximum Gasteiger partial charge on any atom is 0.269 e. The monoisotopic (exact) mass is 477 g/mol. The fourth-order valence-electron chi connectivity index (χ4n) is 2.90. The van der Waals surface area contributed by atoms with E-state index in [2.05, 4.69) is 32.7 Å². The van der Waals surface area contributed by atoms with Gasteiger partial charge in [-0.2, -0.15) is 5.10 Å². The minimum atomic E-state index is -0.600. The number of fused-ring (bicyclic) bond motifs is 1. The van der Waals surface area contributed by atoms with Gasteiger partial charge in [-0.3, -0.25) is 9.59 Å². The second-order valence-electron chi connectivity index (χ2n) is 6.31. The Morgan fingerprint density at radius 2 is 2.04 bits per heavy atom. The van der Waals surface area contributed by atoms with E-state index < -0.39 is 5.91 Å². The zero-order valence-corrected chi connectivity index (χ0v) is 17.3. The molecule has 7 nitrogen and oxygen atoms in total. The van der Waals surface area contributed by atoms with Gasteiger partial charge in [0.1, 0.15) is 0 Å². The molecule has 0 aliphatic heterocycles. The van der Waals surface area contributed by atoms with Gasteiger partial charge in [0.2, 0.25) is 5.91 Å². The lowest BCUT2D eigenvalue weighted by Crippen LogP contribution is -2.25. The van der Waals surface area contributed by atoms with Gasteiger partial charge in [0, 0.05) is 35.2 Å². The molecule has 0 saturated heterocycles. The Kier molecular flexibility index (Phi) is 5.73. The van der Waals surface area contributed by atoms with Gasteiger partial charge in [0.15, 0.2) is 11.5 Å². The molecule has 2 N–H and O–H groups in total. The molecule has 0 aliphatic rings. The van der Waals surface area contributed by atoms with Crippen molar-refractivity contribution in [1.29, 1.82) is 0 Å². The number of primary amides is 1. The van der Waals surface area contributed by atoms with Gasteiger partial charge >= 0.3 is 0 Å². The van der Waals surface area contributed by atoms with Crippen molar-refractivity contribution in [3.8, 4) is 5.82 Å². The molecule has 3 rings (SSSR count). The normalized spacial score (nSPS) is 10.9. The minimum Gasteiger partial charge on any atom is -0.364 e. The first-order valence-electron chi connectivity index (χ1n) is 8.58. The van der Waals surface area contributed by atoms with Crippen LogP contribution in [0.5, 0.6) is 0 Å². The summed E-state index contributed by atoms with van der Waals surface area (Å²) in [6.07, 6.45) is 3.02. The van der Waals surface area contributed by atoms with Gasteiger partial charge in [-0.25, -0.2) is 9.67 Å². The van der Waals surface area contributed by atoms with Crippen LogP contribution < -0.4 is 5.73 Å². The number of benzene rings is 1. The summed E-state index contributed by atoms with van der Waals surface area (Å²) >= 11 is 2.20. The second kappa shape index (κ2) is 8.03. The maximum absolute atomic E-state index is 12.0. The van der Waals surface area contributed by atoms with Crippen molar-refractivity contribution in [3.63, 3.8) is 0 Å². The second-order valence-corrected chi connectivity index (χ2v) is 7.55. The summed E-state index contributed by atoms with van der Waals surface area (Å²) in [4.78, 5) is 30.0. The Morgan fingerprint density at radius 1 is 1.26 bits per heavy atom. The van der Waals surface area contributed by atoms with Crippen molar-refractivity contribution in [2.75, 3.05) is 7.05 Å². The van der Waals surface area contributed by atoms with Crippen molar-refractivity contribution in [3.05, 3.63) is 51.4 Å².